The second-order valence-corrected chi connectivity index (χ2v) is 5.45. The van der Waals surface area contributed by atoms with Gasteiger partial charge in [0.1, 0.15) is 7.85 Å². The standard InChI is InChI=1S/C9H15BOS/c1-4-9-5(2)7(8(10)11-9)12-6(9)3/h5-8H,4H2,1-3H3/t5-,6+,7?,8-,9-/m1/s1. The molecule has 0 saturated carbocycles. The summed E-state index contributed by atoms with van der Waals surface area (Å²) in [7, 11) is 5.89. The minimum absolute atomic E-state index is 0.0267. The molecule has 0 aliphatic carbocycles. The van der Waals surface area contributed by atoms with Gasteiger partial charge in [-0.15, -0.1) is 0 Å². The maximum absolute atomic E-state index is 5.89. The van der Waals surface area contributed by atoms with Gasteiger partial charge in [0.2, 0.25) is 0 Å². The Morgan fingerprint density at radius 1 is 1.50 bits per heavy atom. The van der Waals surface area contributed by atoms with Crippen molar-refractivity contribution in [2.75, 3.05) is 0 Å². The van der Waals surface area contributed by atoms with Crippen LogP contribution in [0.2, 0.25) is 0 Å². The molecular formula is C9H15BOS. The van der Waals surface area contributed by atoms with Crippen LogP contribution in [0.4, 0.5) is 0 Å². The van der Waals surface area contributed by atoms with E-state index in [-0.39, 0.29) is 11.6 Å². The highest BCUT2D eigenvalue weighted by Crippen LogP contribution is 2.56. The van der Waals surface area contributed by atoms with Crippen molar-refractivity contribution in [1.29, 1.82) is 0 Å². The highest BCUT2D eigenvalue weighted by Gasteiger charge is 2.59. The van der Waals surface area contributed by atoms with E-state index in [1.165, 1.54) is 0 Å². The maximum atomic E-state index is 5.89. The molecule has 2 aliphatic heterocycles. The maximum Gasteiger partial charge on any atom is 0.110 e. The molecule has 2 heterocycles. The lowest BCUT2D eigenvalue weighted by Crippen LogP contribution is -2.41. The molecule has 2 fully saturated rings. The molecule has 5 atom stereocenters. The van der Waals surface area contributed by atoms with Crippen molar-refractivity contribution in [1.82, 2.24) is 0 Å². The van der Waals surface area contributed by atoms with Gasteiger partial charge in [-0.25, -0.2) is 0 Å². The van der Waals surface area contributed by atoms with E-state index in [0.29, 0.717) is 16.4 Å². The summed E-state index contributed by atoms with van der Waals surface area (Å²) in [4.78, 5) is 0. The number of hydrogen-bond donors (Lipinski definition) is 0. The Balaban J connectivity index is 2.30. The lowest BCUT2D eigenvalue weighted by molar-refractivity contribution is -0.0332. The Morgan fingerprint density at radius 3 is 2.50 bits per heavy atom. The third kappa shape index (κ3) is 0.870. The van der Waals surface area contributed by atoms with Crippen molar-refractivity contribution in [3.63, 3.8) is 0 Å². The summed E-state index contributed by atoms with van der Waals surface area (Å²) < 4.78 is 5.88. The number of fused-ring (bicyclic) bond motifs is 2. The minimum atomic E-state index is -0.0267. The number of rotatable bonds is 1. The molecule has 2 bridgehead atoms. The van der Waals surface area contributed by atoms with Crippen LogP contribution in [0, 0.1) is 5.92 Å². The Labute approximate surface area is 80.0 Å². The predicted molar refractivity (Wildman–Crippen MR) is 53.7 cm³/mol. The normalized spacial score (nSPS) is 57.9. The Morgan fingerprint density at radius 2 is 2.17 bits per heavy atom. The van der Waals surface area contributed by atoms with Crippen LogP contribution < -0.4 is 0 Å². The van der Waals surface area contributed by atoms with Crippen LogP contribution in [-0.2, 0) is 4.74 Å². The average Bonchev–Trinajstić information content (AvgIpc) is 2.41. The van der Waals surface area contributed by atoms with Gasteiger partial charge in [-0.1, -0.05) is 20.8 Å². The van der Waals surface area contributed by atoms with E-state index in [9.17, 15) is 0 Å². The fourth-order valence-corrected chi connectivity index (χ4v) is 4.51. The summed E-state index contributed by atoms with van der Waals surface area (Å²) in [6, 6.07) is -0.0267. The minimum Gasteiger partial charge on any atom is -0.379 e. The second kappa shape index (κ2) is 2.68. The van der Waals surface area contributed by atoms with Gasteiger partial charge in [-0.2, -0.15) is 11.8 Å². The zero-order valence-electron chi connectivity index (χ0n) is 7.91. The van der Waals surface area contributed by atoms with E-state index in [1.807, 2.05) is 11.8 Å². The lowest BCUT2D eigenvalue weighted by atomic mass is 9.82. The Kier molecular flexibility index (Phi) is 2.00. The van der Waals surface area contributed by atoms with Crippen molar-refractivity contribution >= 4 is 19.6 Å². The highest BCUT2D eigenvalue weighted by atomic mass is 32.2. The van der Waals surface area contributed by atoms with E-state index in [0.717, 1.165) is 6.42 Å². The smallest absolute Gasteiger partial charge is 0.110 e. The summed E-state index contributed by atoms with van der Waals surface area (Å²) in [6.07, 6.45) is 1.09. The van der Waals surface area contributed by atoms with E-state index in [1.54, 1.807) is 0 Å². The number of thioether (sulfide) groups is 1. The van der Waals surface area contributed by atoms with Gasteiger partial charge in [0.05, 0.1) is 5.60 Å². The number of hydrogen-bond acceptors (Lipinski definition) is 2. The van der Waals surface area contributed by atoms with Crippen LogP contribution in [0.25, 0.3) is 0 Å². The van der Waals surface area contributed by atoms with Gasteiger partial charge in [-0.3, -0.25) is 0 Å². The first-order valence-electron chi connectivity index (χ1n) is 4.70. The van der Waals surface area contributed by atoms with Crippen LogP contribution in [0.5, 0.6) is 0 Å². The van der Waals surface area contributed by atoms with Crippen molar-refractivity contribution in [2.45, 2.75) is 49.3 Å². The van der Waals surface area contributed by atoms with Crippen molar-refractivity contribution in [3.05, 3.63) is 0 Å². The molecule has 3 heteroatoms. The van der Waals surface area contributed by atoms with Gasteiger partial charge in [0.25, 0.3) is 0 Å². The van der Waals surface area contributed by atoms with Gasteiger partial charge in [0.15, 0.2) is 0 Å². The molecule has 0 amide bonds. The molecule has 2 radical (unpaired) electrons. The van der Waals surface area contributed by atoms with Crippen LogP contribution in [0.1, 0.15) is 27.2 Å². The first-order valence-corrected chi connectivity index (χ1v) is 5.65. The first kappa shape index (κ1) is 8.95. The SMILES string of the molecule is [B][C@@H]1O[C@@]2(CC)[C@H](C)SC1[C@H]2C. The molecule has 2 rings (SSSR count). The monoisotopic (exact) mass is 182 g/mol. The topological polar surface area (TPSA) is 9.23 Å². The molecule has 1 nitrogen and oxygen atoms in total. The zero-order chi connectivity index (χ0) is 8.93. The molecule has 1 unspecified atom stereocenters. The van der Waals surface area contributed by atoms with Crippen molar-refractivity contribution in [3.8, 4) is 0 Å². The summed E-state index contributed by atoms with van der Waals surface area (Å²) >= 11 is 2.00. The van der Waals surface area contributed by atoms with E-state index in [4.69, 9.17) is 12.6 Å². The largest absolute Gasteiger partial charge is 0.379 e. The lowest BCUT2D eigenvalue weighted by Gasteiger charge is -2.35. The summed E-state index contributed by atoms with van der Waals surface area (Å²) in [6.45, 7) is 6.74. The molecule has 0 aromatic heterocycles. The van der Waals surface area contributed by atoms with Gasteiger partial charge in [0, 0.05) is 16.5 Å². The molecule has 12 heavy (non-hydrogen) atoms. The summed E-state index contributed by atoms with van der Waals surface area (Å²) in [5.41, 5.74) is 0.0781. The quantitative estimate of drug-likeness (QED) is 0.572. The molecule has 66 valence electrons. The summed E-state index contributed by atoms with van der Waals surface area (Å²) in [5, 5.41) is 1.14. The summed E-state index contributed by atoms with van der Waals surface area (Å²) in [5.74, 6) is 0.623. The fraction of sp³-hybridized carbons (Fsp3) is 1.00. The predicted octanol–water partition coefficient (Wildman–Crippen LogP) is 1.80. The molecule has 2 aliphatic rings. The molecule has 0 aromatic carbocycles. The van der Waals surface area contributed by atoms with E-state index >= 15 is 0 Å². The van der Waals surface area contributed by atoms with Crippen LogP contribution in [0.3, 0.4) is 0 Å². The molecule has 2 saturated heterocycles. The van der Waals surface area contributed by atoms with Gasteiger partial charge in [-0.05, 0) is 12.3 Å². The molecule has 0 N–H and O–H groups in total. The molecule has 0 aromatic rings. The van der Waals surface area contributed by atoms with Gasteiger partial charge < -0.3 is 4.74 Å². The van der Waals surface area contributed by atoms with Gasteiger partial charge >= 0.3 is 0 Å². The Bertz CT molecular complexity index is 199. The van der Waals surface area contributed by atoms with Crippen LogP contribution in [-0.4, -0.2) is 30.0 Å². The fourth-order valence-electron chi connectivity index (χ4n) is 2.70. The van der Waals surface area contributed by atoms with Crippen molar-refractivity contribution in [2.24, 2.45) is 5.92 Å². The average molecular weight is 182 g/mol. The third-order valence-electron chi connectivity index (χ3n) is 3.54. The van der Waals surface area contributed by atoms with E-state index in [2.05, 4.69) is 20.8 Å². The number of ether oxygens (including phenoxy) is 1. The van der Waals surface area contributed by atoms with E-state index < -0.39 is 0 Å². The Hall–Kier alpha value is 0.375. The van der Waals surface area contributed by atoms with Crippen molar-refractivity contribution < 1.29 is 4.74 Å². The highest BCUT2D eigenvalue weighted by molar-refractivity contribution is 8.01. The molecular weight excluding hydrogens is 167 g/mol. The zero-order valence-corrected chi connectivity index (χ0v) is 8.73. The third-order valence-corrected chi connectivity index (χ3v) is 5.34. The van der Waals surface area contributed by atoms with Crippen LogP contribution >= 0.6 is 11.8 Å². The molecule has 0 spiro atoms. The van der Waals surface area contributed by atoms with Crippen LogP contribution in [0.15, 0.2) is 0 Å². The second-order valence-electron chi connectivity index (χ2n) is 3.92. The first-order chi connectivity index (χ1) is 5.62.